The van der Waals surface area contributed by atoms with E-state index in [0.717, 1.165) is 12.1 Å². The number of ether oxygens (including phenoxy) is 1. The number of benzene rings is 1. The summed E-state index contributed by atoms with van der Waals surface area (Å²) in [5.41, 5.74) is 0.772. The van der Waals surface area contributed by atoms with E-state index in [1.165, 1.54) is 21.2 Å². The van der Waals surface area contributed by atoms with Crippen molar-refractivity contribution in [2.45, 2.75) is 13.0 Å². The molecule has 2 aromatic heterocycles. The largest absolute Gasteiger partial charge is 0.573 e. The third kappa shape index (κ3) is 5.45. The van der Waals surface area contributed by atoms with Crippen LogP contribution in [0, 0.1) is 0 Å². The molecule has 0 saturated carbocycles. The third-order valence-electron chi connectivity index (χ3n) is 5.03. The lowest BCUT2D eigenvalue weighted by Crippen LogP contribution is -2.49. The van der Waals surface area contributed by atoms with Gasteiger partial charge in [0.15, 0.2) is 5.65 Å². The van der Waals surface area contributed by atoms with E-state index < -0.39 is 6.36 Å². The van der Waals surface area contributed by atoms with E-state index >= 15 is 0 Å². The van der Waals surface area contributed by atoms with Crippen LogP contribution in [0.3, 0.4) is 0 Å². The zero-order chi connectivity index (χ0) is 22.7. The Labute approximate surface area is 180 Å². The number of amides is 1. The number of carbonyl (C=O) groups is 1. The summed E-state index contributed by atoms with van der Waals surface area (Å²) < 4.78 is 43.3. The standard InChI is InChI=1S/C20H21F3N6O3/c21-20(22,23)32-16-6-4-15(5-7-16)24-18(30)13-26-9-11-27(12-10-26)14-29-19(31)28-8-2-1-3-17(28)25-29/h1-8H,9-14H2,(H,24,30). The lowest BCUT2D eigenvalue weighted by atomic mass is 10.3. The van der Waals surface area contributed by atoms with Crippen molar-refractivity contribution >= 4 is 17.2 Å². The average molecular weight is 450 g/mol. The topological polar surface area (TPSA) is 84.1 Å². The fourth-order valence-electron chi connectivity index (χ4n) is 3.48. The molecule has 1 aromatic carbocycles. The van der Waals surface area contributed by atoms with E-state index in [9.17, 15) is 22.8 Å². The predicted octanol–water partition coefficient (Wildman–Crippen LogP) is 1.61. The van der Waals surface area contributed by atoms with Gasteiger partial charge in [0.05, 0.1) is 13.2 Å². The number of pyridine rings is 1. The van der Waals surface area contributed by atoms with Crippen molar-refractivity contribution < 1.29 is 22.7 Å². The van der Waals surface area contributed by atoms with E-state index in [1.807, 2.05) is 11.0 Å². The first-order valence-electron chi connectivity index (χ1n) is 9.91. The van der Waals surface area contributed by atoms with Crippen LogP contribution in [0.15, 0.2) is 53.5 Å². The van der Waals surface area contributed by atoms with Crippen molar-refractivity contribution in [3.05, 3.63) is 59.1 Å². The summed E-state index contributed by atoms with van der Waals surface area (Å²) in [5.74, 6) is -0.615. The molecular formula is C20H21F3N6O3. The van der Waals surface area contributed by atoms with E-state index in [1.54, 1.807) is 18.3 Å². The molecule has 1 saturated heterocycles. The Bertz CT molecular complexity index is 1130. The van der Waals surface area contributed by atoms with Gasteiger partial charge in [-0.25, -0.2) is 4.79 Å². The molecule has 0 unspecified atom stereocenters. The van der Waals surface area contributed by atoms with Gasteiger partial charge in [-0.15, -0.1) is 18.3 Å². The molecule has 0 radical (unpaired) electrons. The first-order chi connectivity index (χ1) is 15.3. The lowest BCUT2D eigenvalue weighted by molar-refractivity contribution is -0.274. The zero-order valence-electron chi connectivity index (χ0n) is 17.0. The highest BCUT2D eigenvalue weighted by molar-refractivity contribution is 5.92. The van der Waals surface area contributed by atoms with Gasteiger partial charge in [0, 0.05) is 38.1 Å². The van der Waals surface area contributed by atoms with Crippen molar-refractivity contribution in [2.24, 2.45) is 0 Å². The summed E-state index contributed by atoms with van der Waals surface area (Å²) in [4.78, 5) is 28.7. The third-order valence-corrected chi connectivity index (χ3v) is 5.03. The van der Waals surface area contributed by atoms with Crippen LogP contribution in [-0.2, 0) is 11.5 Å². The number of rotatable bonds is 6. The number of anilines is 1. The minimum absolute atomic E-state index is 0.156. The van der Waals surface area contributed by atoms with Crippen molar-refractivity contribution in [3.8, 4) is 5.75 Å². The molecule has 0 bridgehead atoms. The van der Waals surface area contributed by atoms with Gasteiger partial charge in [0.25, 0.3) is 0 Å². The van der Waals surface area contributed by atoms with Crippen molar-refractivity contribution in [2.75, 3.05) is 38.0 Å². The molecular weight excluding hydrogens is 429 g/mol. The van der Waals surface area contributed by atoms with Crippen LogP contribution in [0.2, 0.25) is 0 Å². The molecule has 12 heteroatoms. The summed E-state index contributed by atoms with van der Waals surface area (Å²) in [6.45, 7) is 3.12. The van der Waals surface area contributed by atoms with Gasteiger partial charge < -0.3 is 10.1 Å². The first kappa shape index (κ1) is 21.8. The monoisotopic (exact) mass is 450 g/mol. The molecule has 1 N–H and O–H groups in total. The second kappa shape index (κ2) is 9.01. The Morgan fingerprint density at radius 2 is 1.72 bits per heavy atom. The Morgan fingerprint density at radius 1 is 1.03 bits per heavy atom. The molecule has 0 spiro atoms. The Balaban J connectivity index is 1.24. The summed E-state index contributed by atoms with van der Waals surface area (Å²) >= 11 is 0. The van der Waals surface area contributed by atoms with Crippen LogP contribution in [-0.4, -0.2) is 69.0 Å². The van der Waals surface area contributed by atoms with E-state index in [4.69, 9.17) is 0 Å². The Kier molecular flexibility index (Phi) is 6.15. The van der Waals surface area contributed by atoms with Gasteiger partial charge in [-0.3, -0.25) is 19.0 Å². The van der Waals surface area contributed by atoms with E-state index in [2.05, 4.69) is 20.1 Å². The van der Waals surface area contributed by atoms with E-state index in [-0.39, 0.29) is 23.9 Å². The molecule has 1 aliphatic rings. The molecule has 3 aromatic rings. The van der Waals surface area contributed by atoms with E-state index in [0.29, 0.717) is 44.2 Å². The van der Waals surface area contributed by atoms with Crippen molar-refractivity contribution in [1.29, 1.82) is 0 Å². The number of fused-ring (bicyclic) bond motifs is 1. The minimum atomic E-state index is -4.76. The fourth-order valence-corrected chi connectivity index (χ4v) is 3.48. The smallest absolute Gasteiger partial charge is 0.406 e. The highest BCUT2D eigenvalue weighted by Gasteiger charge is 2.31. The molecule has 0 aliphatic carbocycles. The van der Waals surface area contributed by atoms with Crippen LogP contribution < -0.4 is 15.7 Å². The first-order valence-corrected chi connectivity index (χ1v) is 9.91. The zero-order valence-corrected chi connectivity index (χ0v) is 17.0. The highest BCUT2D eigenvalue weighted by atomic mass is 19.4. The maximum Gasteiger partial charge on any atom is 0.573 e. The molecule has 32 heavy (non-hydrogen) atoms. The Morgan fingerprint density at radius 3 is 2.38 bits per heavy atom. The maximum atomic E-state index is 12.4. The van der Waals surface area contributed by atoms with Gasteiger partial charge in [-0.2, -0.15) is 4.68 Å². The van der Waals surface area contributed by atoms with Crippen LogP contribution in [0.1, 0.15) is 0 Å². The van der Waals surface area contributed by atoms with Crippen LogP contribution in [0.4, 0.5) is 18.9 Å². The SMILES string of the molecule is O=C(CN1CCN(Cn2nc3ccccn3c2=O)CC1)Nc1ccc(OC(F)(F)F)cc1. The number of piperazine rings is 1. The van der Waals surface area contributed by atoms with Gasteiger partial charge in [-0.1, -0.05) is 6.07 Å². The van der Waals surface area contributed by atoms with Crippen LogP contribution in [0.5, 0.6) is 5.75 Å². The fraction of sp³-hybridized carbons (Fsp3) is 0.350. The summed E-state index contributed by atoms with van der Waals surface area (Å²) in [5, 5.41) is 6.99. The van der Waals surface area contributed by atoms with Gasteiger partial charge >= 0.3 is 12.1 Å². The molecule has 4 rings (SSSR count). The number of alkyl halides is 3. The molecule has 0 atom stereocenters. The predicted molar refractivity (Wildman–Crippen MR) is 109 cm³/mol. The second-order valence-electron chi connectivity index (χ2n) is 7.37. The molecule has 9 nitrogen and oxygen atoms in total. The average Bonchev–Trinajstić information content (AvgIpc) is 3.05. The molecule has 1 amide bonds. The number of hydrogen-bond acceptors (Lipinski definition) is 6. The maximum absolute atomic E-state index is 12.4. The summed E-state index contributed by atoms with van der Waals surface area (Å²) in [6.07, 6.45) is -3.08. The molecule has 1 fully saturated rings. The number of halogens is 3. The Hall–Kier alpha value is -3.38. The summed E-state index contributed by atoms with van der Waals surface area (Å²) in [7, 11) is 0. The normalized spacial score (nSPS) is 15.7. The number of carbonyl (C=O) groups excluding carboxylic acids is 1. The van der Waals surface area contributed by atoms with Crippen molar-refractivity contribution in [3.63, 3.8) is 0 Å². The second-order valence-corrected chi connectivity index (χ2v) is 7.37. The lowest BCUT2D eigenvalue weighted by Gasteiger charge is -2.33. The number of nitrogens with one attached hydrogen (secondary N) is 1. The minimum Gasteiger partial charge on any atom is -0.406 e. The number of nitrogens with zero attached hydrogens (tertiary/aromatic N) is 5. The molecule has 170 valence electrons. The quantitative estimate of drug-likeness (QED) is 0.615. The van der Waals surface area contributed by atoms with Crippen LogP contribution >= 0.6 is 0 Å². The number of hydrogen-bond donors (Lipinski definition) is 1. The number of aromatic nitrogens is 3. The van der Waals surface area contributed by atoms with Gasteiger partial charge in [-0.05, 0) is 36.4 Å². The molecule has 3 heterocycles. The molecule has 1 aliphatic heterocycles. The van der Waals surface area contributed by atoms with Gasteiger partial charge in [0.2, 0.25) is 5.91 Å². The van der Waals surface area contributed by atoms with Crippen molar-refractivity contribution in [1.82, 2.24) is 24.0 Å². The van der Waals surface area contributed by atoms with Gasteiger partial charge in [0.1, 0.15) is 5.75 Å². The van der Waals surface area contributed by atoms with Crippen LogP contribution in [0.25, 0.3) is 5.65 Å². The summed E-state index contributed by atoms with van der Waals surface area (Å²) in [6, 6.07) is 10.3. The highest BCUT2D eigenvalue weighted by Crippen LogP contribution is 2.23.